The van der Waals surface area contributed by atoms with Crippen LogP contribution in [-0.2, 0) is 0 Å². The van der Waals surface area contributed by atoms with Gasteiger partial charge in [0.05, 0.1) is 18.7 Å². The van der Waals surface area contributed by atoms with E-state index in [0.717, 1.165) is 42.1 Å². The van der Waals surface area contributed by atoms with Crippen molar-refractivity contribution in [3.05, 3.63) is 42.2 Å². The van der Waals surface area contributed by atoms with Gasteiger partial charge in [0.25, 0.3) is 5.88 Å². The molecule has 0 bridgehead atoms. The van der Waals surface area contributed by atoms with E-state index in [1.54, 1.807) is 4.52 Å². The van der Waals surface area contributed by atoms with Gasteiger partial charge in [-0.3, -0.25) is 0 Å². The molecule has 4 heterocycles. The molecule has 1 aliphatic heterocycles. The molecule has 8 nitrogen and oxygen atoms in total. The Kier molecular flexibility index (Phi) is 5.10. The number of nitrogens with zero attached hydrogens (tertiary/aromatic N) is 5. The monoisotopic (exact) mass is 378 g/mol. The van der Waals surface area contributed by atoms with Crippen molar-refractivity contribution in [2.75, 3.05) is 37.7 Å². The summed E-state index contributed by atoms with van der Waals surface area (Å²) in [6.45, 7) is 4.87. The number of ether oxygens (including phenoxy) is 1. The number of rotatable bonds is 5. The third-order valence-electron chi connectivity index (χ3n) is 4.87. The van der Waals surface area contributed by atoms with E-state index in [2.05, 4.69) is 26.4 Å². The number of nitrogens with one attached hydrogen (secondary N) is 1. The molecular formula is C20H22N6O2. The second-order valence-corrected chi connectivity index (χ2v) is 6.66. The summed E-state index contributed by atoms with van der Waals surface area (Å²) in [6, 6.07) is 10.1. The lowest BCUT2D eigenvalue weighted by Gasteiger charge is -2.33. The maximum absolute atomic E-state index is 9.39. The normalized spacial score (nSPS) is 16.9. The van der Waals surface area contributed by atoms with Crippen LogP contribution in [0.3, 0.4) is 0 Å². The molecular weight excluding hydrogens is 356 g/mol. The Morgan fingerprint density at radius 2 is 2.18 bits per heavy atom. The molecule has 2 N–H and O–H groups in total. The summed E-state index contributed by atoms with van der Waals surface area (Å²) in [4.78, 5) is 6.78. The summed E-state index contributed by atoms with van der Waals surface area (Å²) in [5.41, 5.74) is 3.08. The molecule has 0 unspecified atom stereocenters. The van der Waals surface area contributed by atoms with E-state index in [0.29, 0.717) is 18.1 Å². The largest absolute Gasteiger partial charge is 0.476 e. The average molecular weight is 378 g/mol. The molecule has 144 valence electrons. The van der Waals surface area contributed by atoms with E-state index < -0.39 is 0 Å². The maximum atomic E-state index is 9.39. The van der Waals surface area contributed by atoms with Crippen LogP contribution in [0.2, 0.25) is 0 Å². The average Bonchev–Trinajstić information content (AvgIpc) is 3.10. The predicted octanol–water partition coefficient (Wildman–Crippen LogP) is 1.44. The van der Waals surface area contributed by atoms with Gasteiger partial charge in [-0.05, 0) is 25.1 Å². The highest BCUT2D eigenvalue weighted by Crippen LogP contribution is 2.26. The van der Waals surface area contributed by atoms with Crippen LogP contribution in [0.5, 0.6) is 5.88 Å². The Bertz CT molecular complexity index is 1010. The number of aliphatic hydroxyl groups excluding tert-OH is 1. The molecule has 3 aromatic heterocycles. The number of hydrogen-bond donors (Lipinski definition) is 2. The minimum absolute atomic E-state index is 0.0753. The summed E-state index contributed by atoms with van der Waals surface area (Å²) >= 11 is 0. The highest BCUT2D eigenvalue weighted by Gasteiger charge is 2.19. The molecule has 1 fully saturated rings. The Morgan fingerprint density at radius 3 is 2.89 bits per heavy atom. The number of piperazine rings is 1. The van der Waals surface area contributed by atoms with Crippen LogP contribution in [0.1, 0.15) is 12.5 Å². The quantitative estimate of drug-likeness (QED) is 0.693. The van der Waals surface area contributed by atoms with Crippen molar-refractivity contribution in [1.82, 2.24) is 19.9 Å². The Balaban J connectivity index is 1.60. The fourth-order valence-corrected chi connectivity index (χ4v) is 3.44. The smallest absolute Gasteiger partial charge is 0.252 e. The van der Waals surface area contributed by atoms with Gasteiger partial charge in [-0.2, -0.15) is 5.26 Å². The lowest BCUT2D eigenvalue weighted by atomic mass is 10.1. The van der Waals surface area contributed by atoms with Gasteiger partial charge < -0.3 is 20.1 Å². The third kappa shape index (κ3) is 3.38. The molecule has 3 aromatic rings. The number of aliphatic hydroxyl groups is 1. The van der Waals surface area contributed by atoms with Crippen molar-refractivity contribution in [2.24, 2.45) is 0 Å². The first-order valence-corrected chi connectivity index (χ1v) is 9.34. The Hall–Kier alpha value is -3.15. The fraction of sp³-hybridized carbons (Fsp3) is 0.350. The molecule has 0 amide bonds. The summed E-state index contributed by atoms with van der Waals surface area (Å²) in [5, 5.41) is 26.4. The number of fused-ring (bicyclic) bond motifs is 1. The van der Waals surface area contributed by atoms with Gasteiger partial charge in [-0.25, -0.2) is 9.50 Å². The van der Waals surface area contributed by atoms with E-state index in [4.69, 9.17) is 4.74 Å². The van der Waals surface area contributed by atoms with Crippen molar-refractivity contribution in [1.29, 1.82) is 5.26 Å². The van der Waals surface area contributed by atoms with Crippen molar-refractivity contribution in [2.45, 2.75) is 13.0 Å². The first-order chi connectivity index (χ1) is 13.7. The summed E-state index contributed by atoms with van der Waals surface area (Å²) in [6.07, 6.45) is 3.71. The predicted molar refractivity (Wildman–Crippen MR) is 105 cm³/mol. The van der Waals surface area contributed by atoms with Gasteiger partial charge in [0.15, 0.2) is 0 Å². The van der Waals surface area contributed by atoms with Gasteiger partial charge in [-0.15, -0.1) is 5.10 Å². The van der Waals surface area contributed by atoms with Gasteiger partial charge in [0, 0.05) is 49.2 Å². The van der Waals surface area contributed by atoms with E-state index in [1.165, 1.54) is 0 Å². The first kappa shape index (κ1) is 18.2. The van der Waals surface area contributed by atoms with Crippen molar-refractivity contribution >= 4 is 11.3 Å². The van der Waals surface area contributed by atoms with Crippen molar-refractivity contribution in [3.8, 4) is 23.1 Å². The van der Waals surface area contributed by atoms with Gasteiger partial charge >= 0.3 is 0 Å². The number of hydrogen-bond acceptors (Lipinski definition) is 7. The highest BCUT2D eigenvalue weighted by atomic mass is 16.5. The highest BCUT2D eigenvalue weighted by molar-refractivity contribution is 5.70. The minimum Gasteiger partial charge on any atom is -0.476 e. The zero-order chi connectivity index (χ0) is 19.5. The molecule has 0 aromatic carbocycles. The van der Waals surface area contributed by atoms with Crippen LogP contribution in [-0.4, -0.2) is 58.6 Å². The molecule has 28 heavy (non-hydrogen) atoms. The second kappa shape index (κ2) is 7.84. The lowest BCUT2D eigenvalue weighted by Crippen LogP contribution is -2.52. The molecule has 0 saturated carbocycles. The van der Waals surface area contributed by atoms with Gasteiger partial charge in [-0.1, -0.05) is 6.07 Å². The van der Waals surface area contributed by atoms with E-state index >= 15 is 0 Å². The van der Waals surface area contributed by atoms with Crippen LogP contribution in [0, 0.1) is 11.3 Å². The zero-order valence-corrected chi connectivity index (χ0v) is 15.7. The number of pyridine rings is 2. The standard InChI is InChI=1S/C20H22N6O2/c1-2-28-20-17(9-21)18-5-3-15(11-26(18)24-20)14-4-6-19(23-10-14)25-8-7-22-16(12-25)13-27/h3-6,10-11,16,22,27H,2,7-8,12-13H2,1H3/t16-/m1/s1. The Morgan fingerprint density at radius 1 is 1.32 bits per heavy atom. The van der Waals surface area contributed by atoms with Crippen LogP contribution >= 0.6 is 0 Å². The van der Waals surface area contributed by atoms with E-state index in [1.807, 2.05) is 43.6 Å². The minimum atomic E-state index is 0.0753. The molecule has 4 rings (SSSR count). The summed E-state index contributed by atoms with van der Waals surface area (Å²) < 4.78 is 7.14. The number of nitriles is 1. The summed E-state index contributed by atoms with van der Waals surface area (Å²) in [5.74, 6) is 1.25. The molecule has 1 saturated heterocycles. The fourth-order valence-electron chi connectivity index (χ4n) is 3.44. The molecule has 0 radical (unpaired) electrons. The van der Waals surface area contributed by atoms with Crippen LogP contribution in [0.15, 0.2) is 36.7 Å². The molecule has 0 spiro atoms. The lowest BCUT2D eigenvalue weighted by molar-refractivity contribution is 0.235. The third-order valence-corrected chi connectivity index (χ3v) is 4.87. The van der Waals surface area contributed by atoms with Crippen LogP contribution in [0.25, 0.3) is 16.6 Å². The molecule has 8 heteroatoms. The van der Waals surface area contributed by atoms with Crippen LogP contribution < -0.4 is 15.0 Å². The van der Waals surface area contributed by atoms with Crippen LogP contribution in [0.4, 0.5) is 5.82 Å². The topological polar surface area (TPSA) is 98.7 Å². The van der Waals surface area contributed by atoms with Crippen molar-refractivity contribution < 1.29 is 9.84 Å². The van der Waals surface area contributed by atoms with Gasteiger partial charge in [0.1, 0.15) is 17.5 Å². The maximum Gasteiger partial charge on any atom is 0.252 e. The van der Waals surface area contributed by atoms with Gasteiger partial charge in [0.2, 0.25) is 0 Å². The molecule has 1 aliphatic rings. The van der Waals surface area contributed by atoms with E-state index in [9.17, 15) is 10.4 Å². The van der Waals surface area contributed by atoms with Crippen molar-refractivity contribution in [3.63, 3.8) is 0 Å². The number of aromatic nitrogens is 3. The number of anilines is 1. The second-order valence-electron chi connectivity index (χ2n) is 6.66. The summed E-state index contributed by atoms with van der Waals surface area (Å²) in [7, 11) is 0. The zero-order valence-electron chi connectivity index (χ0n) is 15.7. The first-order valence-electron chi connectivity index (χ1n) is 9.34. The Labute approximate surface area is 163 Å². The molecule has 0 aliphatic carbocycles. The van der Waals surface area contributed by atoms with E-state index in [-0.39, 0.29) is 12.6 Å². The SMILES string of the molecule is CCOc1nn2cc(-c3ccc(N4CCN[C@@H](CO)C4)nc3)ccc2c1C#N. The molecule has 1 atom stereocenters.